The van der Waals surface area contributed by atoms with Crippen LogP contribution in [-0.4, -0.2) is 12.4 Å². The molecular weight excluding hydrogens is 607 g/mol. The average molecular weight is 643 g/mol. The summed E-state index contributed by atoms with van der Waals surface area (Å²) in [5.41, 5.74) is 0. The summed E-state index contributed by atoms with van der Waals surface area (Å²) in [6, 6.07) is 29.3. The first kappa shape index (κ1) is 39.2. The maximum absolute atomic E-state index is 2.99. The molecule has 196 valence electrons. The molecule has 4 aromatic rings. The van der Waals surface area contributed by atoms with Crippen LogP contribution in [0.2, 0.25) is 26.2 Å². The van der Waals surface area contributed by atoms with E-state index >= 15 is 0 Å². The molecule has 0 fully saturated rings. The van der Waals surface area contributed by atoms with E-state index in [0.29, 0.717) is 0 Å². The van der Waals surface area contributed by atoms with E-state index in [2.05, 4.69) is 174 Å². The van der Waals surface area contributed by atoms with Gasteiger partial charge in [0.2, 0.25) is 0 Å². The zero-order chi connectivity index (χ0) is 26.4. The number of rotatable bonds is 0. The molecule has 0 atom stereocenters. The van der Waals surface area contributed by atoms with Gasteiger partial charge < -0.3 is 24.8 Å². The molecule has 38 heavy (non-hydrogen) atoms. The Labute approximate surface area is 267 Å². The van der Waals surface area contributed by atoms with Gasteiger partial charge in [0.05, 0.1) is 0 Å². The number of hydrogen-bond acceptors (Lipinski definition) is 0. The third kappa shape index (κ3) is 21.9. The van der Waals surface area contributed by atoms with Crippen molar-refractivity contribution < 1.29 is 63.2 Å². The fourth-order valence-electron chi connectivity index (χ4n) is 2.82. The molecule has 0 spiro atoms. The molecule has 0 heterocycles. The summed E-state index contributed by atoms with van der Waals surface area (Å²) in [5.74, 6) is 0. The predicted molar refractivity (Wildman–Crippen MR) is 157 cm³/mol. The standard InChI is InChI=1S/2C9H7.2C5H5.2C2H6Si.2ClH.2Ti/c2*1-2-5-9-7-3-6-8(9)4-1;2*1-2-4-5-3-1;2*1-3-2;;;;/h2*1-7H;2*1-3H,4H2;2*1-2H3;2*1H;;/q4*-1;;;;;2*+2/p-2. The van der Waals surface area contributed by atoms with Gasteiger partial charge in [-0.1, -0.05) is 12.1 Å². The molecule has 4 aromatic carbocycles. The maximum atomic E-state index is 2.99. The van der Waals surface area contributed by atoms with Gasteiger partial charge in [-0.3, -0.25) is 12.2 Å². The van der Waals surface area contributed by atoms with Gasteiger partial charge in [-0.05, 0) is 0 Å². The third-order valence-corrected chi connectivity index (χ3v) is 4.27. The van der Waals surface area contributed by atoms with E-state index in [1.165, 1.54) is 21.5 Å². The number of hydrogen-bond donors (Lipinski definition) is 0. The van der Waals surface area contributed by atoms with Gasteiger partial charge >= 0.3 is 76.9 Å². The SMILES string of the molecule is C[Si](C)=[Ti+2].C[Si](C)=[Ti+2].[C-]1=CC=CC1.[C-]1=CC=CC1.[Cl-].[Cl-].c1ccc2[cH-]ccc2c1.c1ccc2[cH-]ccc2c1. The maximum Gasteiger partial charge on any atom is -0.0809 e. The van der Waals surface area contributed by atoms with Crippen LogP contribution in [-0.2, 0) is 38.3 Å². The van der Waals surface area contributed by atoms with Crippen molar-refractivity contribution >= 4 is 33.9 Å². The summed E-state index contributed by atoms with van der Waals surface area (Å²) >= 11 is 4.54. The second-order valence-electron chi connectivity index (χ2n) is 8.32. The molecule has 0 saturated carbocycles. The van der Waals surface area contributed by atoms with Gasteiger partial charge in [-0.25, -0.2) is 24.3 Å². The van der Waals surface area contributed by atoms with E-state index in [4.69, 9.17) is 0 Å². The number of fused-ring (bicyclic) bond motifs is 2. The van der Waals surface area contributed by atoms with Crippen molar-refractivity contribution in [3.63, 3.8) is 0 Å². The Bertz CT molecular complexity index is 1090. The molecule has 0 amide bonds. The van der Waals surface area contributed by atoms with Crippen LogP contribution in [0.5, 0.6) is 0 Å². The number of halogens is 2. The molecule has 0 nitrogen and oxygen atoms in total. The van der Waals surface area contributed by atoms with Crippen molar-refractivity contribution in [3.05, 3.63) is 134 Å². The minimum Gasteiger partial charge on any atom is -1.00 e. The topological polar surface area (TPSA) is 0 Å². The van der Waals surface area contributed by atoms with Gasteiger partial charge in [-0.2, -0.15) is 47.2 Å². The monoisotopic (exact) mass is 642 g/mol. The summed E-state index contributed by atoms with van der Waals surface area (Å²) in [7, 11) is 0. The Morgan fingerprint density at radius 3 is 1.18 bits per heavy atom. The summed E-state index contributed by atoms with van der Waals surface area (Å²) in [4.78, 5) is 0. The van der Waals surface area contributed by atoms with Gasteiger partial charge in [0.1, 0.15) is 0 Å². The van der Waals surface area contributed by atoms with Gasteiger partial charge in [0.15, 0.2) is 0 Å². The Hall–Kier alpha value is -0.938. The Kier molecular flexibility index (Phi) is 27.1. The first-order valence-corrected chi connectivity index (χ1v) is 21.8. The molecule has 0 N–H and O–H groups in total. The second kappa shape index (κ2) is 26.3. The van der Waals surface area contributed by atoms with Crippen molar-refractivity contribution in [2.75, 3.05) is 0 Å². The summed E-state index contributed by atoms with van der Waals surface area (Å²) in [5, 5.41) is 5.32. The molecule has 0 bridgehead atoms. The first-order chi connectivity index (χ1) is 17.4. The van der Waals surface area contributed by atoms with Gasteiger partial charge in [0, 0.05) is 0 Å². The molecule has 0 aliphatic heterocycles. The van der Waals surface area contributed by atoms with E-state index in [0.717, 1.165) is 12.8 Å². The Morgan fingerprint density at radius 1 is 0.605 bits per heavy atom. The van der Waals surface area contributed by atoms with E-state index < -0.39 is 0 Å². The average Bonchev–Trinajstić information content (AvgIpc) is 3.68. The van der Waals surface area contributed by atoms with Crippen LogP contribution in [0.3, 0.4) is 0 Å². The summed E-state index contributed by atoms with van der Waals surface area (Å²) in [6.07, 6.45) is 20.2. The zero-order valence-corrected chi connectivity index (χ0v) is 29.4. The molecular formula is C32H36Cl2Si2Ti2-2. The predicted octanol–water partition coefficient (Wildman–Crippen LogP) is 3.31. The van der Waals surface area contributed by atoms with Gasteiger partial charge in [-0.15, -0.1) is 72.1 Å². The van der Waals surface area contributed by atoms with Crippen LogP contribution < -0.4 is 24.8 Å². The molecule has 0 aromatic heterocycles. The van der Waals surface area contributed by atoms with E-state index in [1.54, 1.807) is 0 Å². The van der Waals surface area contributed by atoms with Crippen molar-refractivity contribution in [1.82, 2.24) is 0 Å². The first-order valence-electron chi connectivity index (χ1n) is 12.1. The van der Waals surface area contributed by atoms with Gasteiger partial charge in [0.25, 0.3) is 0 Å². The smallest absolute Gasteiger partial charge is 0.0809 e. The van der Waals surface area contributed by atoms with Crippen LogP contribution in [0, 0.1) is 12.2 Å². The number of allylic oxidation sites excluding steroid dienone is 8. The molecule has 0 unspecified atom stereocenters. The van der Waals surface area contributed by atoms with Crippen LogP contribution in [0.25, 0.3) is 21.5 Å². The summed E-state index contributed by atoms with van der Waals surface area (Å²) < 4.78 is 0. The van der Waals surface area contributed by atoms with Crippen molar-refractivity contribution in [2.24, 2.45) is 0 Å². The minimum absolute atomic E-state index is 0. The zero-order valence-electron chi connectivity index (χ0n) is 22.7. The van der Waals surface area contributed by atoms with Crippen LogP contribution in [0.4, 0.5) is 0 Å². The molecule has 0 saturated heterocycles. The largest absolute Gasteiger partial charge is 1.00 e. The van der Waals surface area contributed by atoms with E-state index in [1.807, 2.05) is 24.3 Å². The van der Waals surface area contributed by atoms with Crippen LogP contribution in [0.1, 0.15) is 12.8 Å². The molecule has 2 aliphatic rings. The number of benzene rings is 2. The van der Waals surface area contributed by atoms with Crippen LogP contribution in [0.15, 0.2) is 121 Å². The van der Waals surface area contributed by atoms with Crippen molar-refractivity contribution in [3.8, 4) is 0 Å². The molecule has 6 heteroatoms. The normalized spacial score (nSPS) is 10.9. The third-order valence-electron chi connectivity index (χ3n) is 4.27. The molecule has 0 radical (unpaired) electrons. The molecule has 6 rings (SSSR count). The van der Waals surface area contributed by atoms with Crippen LogP contribution >= 0.6 is 0 Å². The fourth-order valence-corrected chi connectivity index (χ4v) is 2.82. The van der Waals surface area contributed by atoms with Crippen molar-refractivity contribution in [1.29, 1.82) is 0 Å². The van der Waals surface area contributed by atoms with E-state index in [9.17, 15) is 0 Å². The minimum atomic E-state index is 0. The summed E-state index contributed by atoms with van der Waals surface area (Å²) in [6.45, 7) is 9.07. The molecule has 2 aliphatic carbocycles. The quantitative estimate of drug-likeness (QED) is 0.204. The van der Waals surface area contributed by atoms with Crippen molar-refractivity contribution in [2.45, 2.75) is 39.0 Å². The Morgan fingerprint density at radius 2 is 0.947 bits per heavy atom. The Balaban J connectivity index is 0. The van der Waals surface area contributed by atoms with E-state index in [-0.39, 0.29) is 37.2 Å². The second-order valence-corrected chi connectivity index (χ2v) is 21.7. The fraction of sp³-hybridized carbons (Fsp3) is 0.188.